The molecule has 1 unspecified atom stereocenters. The number of carbonyl (C=O) groups is 1. The SMILES string of the molecule is CCOC(Cc1ccc(OCCn2c(=O)sc3cc(/C(=N/OC)c4cccc(Cl)c4)ccc32)cc1)C(=O)O. The number of oxime groups is 1. The summed E-state index contributed by atoms with van der Waals surface area (Å²) in [6.07, 6.45) is -0.607. The van der Waals surface area contributed by atoms with Gasteiger partial charge in [-0.05, 0) is 48.9 Å². The third-order valence-corrected chi connectivity index (χ3v) is 6.97. The van der Waals surface area contributed by atoms with Crippen LogP contribution < -0.4 is 9.61 Å². The Kier molecular flexibility index (Phi) is 9.17. The predicted octanol–water partition coefficient (Wildman–Crippen LogP) is 5.23. The molecule has 1 heterocycles. The lowest BCUT2D eigenvalue weighted by molar-refractivity contribution is -0.149. The number of thiazole rings is 1. The van der Waals surface area contributed by atoms with E-state index in [0.717, 1.165) is 38.2 Å². The molecule has 4 aromatic rings. The number of ether oxygens (including phenoxy) is 2. The Morgan fingerprint density at radius 2 is 1.87 bits per heavy atom. The quantitative estimate of drug-likeness (QED) is 0.190. The molecule has 3 aromatic carbocycles. The van der Waals surface area contributed by atoms with Gasteiger partial charge in [0.25, 0.3) is 0 Å². The standard InChI is InChI=1S/C28H27ClN2O6S/c1-3-36-24(27(32)33)15-18-7-10-22(11-8-18)37-14-13-31-23-12-9-20(17-25(23)38-28(31)34)26(30-35-2)19-5-4-6-21(29)16-19/h4-12,16-17,24H,3,13-15H2,1-2H3,(H,32,33)/b30-26+. The number of rotatable bonds is 12. The van der Waals surface area contributed by atoms with E-state index in [-0.39, 0.29) is 11.3 Å². The first kappa shape index (κ1) is 27.4. The zero-order chi connectivity index (χ0) is 27.1. The molecule has 8 nitrogen and oxygen atoms in total. The molecule has 1 N–H and O–H groups in total. The number of fused-ring (bicyclic) bond motifs is 1. The van der Waals surface area contributed by atoms with E-state index in [2.05, 4.69) is 5.16 Å². The van der Waals surface area contributed by atoms with Crippen molar-refractivity contribution in [2.75, 3.05) is 20.3 Å². The van der Waals surface area contributed by atoms with Gasteiger partial charge in [-0.3, -0.25) is 9.36 Å². The molecule has 1 atom stereocenters. The van der Waals surface area contributed by atoms with Crippen molar-refractivity contribution in [2.24, 2.45) is 5.16 Å². The van der Waals surface area contributed by atoms with Gasteiger partial charge in [0.1, 0.15) is 25.2 Å². The third kappa shape index (κ3) is 6.61. The molecule has 0 amide bonds. The summed E-state index contributed by atoms with van der Waals surface area (Å²) < 4.78 is 13.6. The fourth-order valence-corrected chi connectivity index (χ4v) is 5.18. The minimum absolute atomic E-state index is 0.0836. The largest absolute Gasteiger partial charge is 0.492 e. The predicted molar refractivity (Wildman–Crippen MR) is 149 cm³/mol. The second kappa shape index (κ2) is 12.7. The van der Waals surface area contributed by atoms with Crippen molar-refractivity contribution in [3.05, 3.63) is 98.1 Å². The van der Waals surface area contributed by atoms with Crippen molar-refractivity contribution >= 4 is 44.8 Å². The molecule has 198 valence electrons. The van der Waals surface area contributed by atoms with E-state index in [0.29, 0.717) is 36.2 Å². The van der Waals surface area contributed by atoms with E-state index >= 15 is 0 Å². The van der Waals surface area contributed by atoms with Crippen molar-refractivity contribution in [2.45, 2.75) is 26.0 Å². The van der Waals surface area contributed by atoms with E-state index in [4.69, 9.17) is 25.9 Å². The second-order valence-corrected chi connectivity index (χ2v) is 9.74. The highest BCUT2D eigenvalue weighted by Crippen LogP contribution is 2.23. The number of aromatic nitrogens is 1. The molecule has 0 spiro atoms. The van der Waals surface area contributed by atoms with Crippen LogP contribution >= 0.6 is 22.9 Å². The van der Waals surface area contributed by atoms with Gasteiger partial charge in [0.2, 0.25) is 0 Å². The van der Waals surface area contributed by atoms with Crippen LogP contribution in [0, 0.1) is 0 Å². The van der Waals surface area contributed by atoms with Crippen LogP contribution in [-0.2, 0) is 27.3 Å². The Balaban J connectivity index is 1.45. The molecule has 4 rings (SSSR count). The van der Waals surface area contributed by atoms with E-state index in [1.807, 2.05) is 48.5 Å². The number of halogens is 1. The van der Waals surface area contributed by atoms with Crippen molar-refractivity contribution in [1.82, 2.24) is 4.57 Å². The summed E-state index contributed by atoms with van der Waals surface area (Å²) in [5.74, 6) is -0.353. The molecule has 0 fully saturated rings. The average Bonchev–Trinajstić information content (AvgIpc) is 3.22. The lowest BCUT2D eigenvalue weighted by Gasteiger charge is -2.13. The molecule has 0 saturated carbocycles. The fourth-order valence-electron chi connectivity index (χ4n) is 4.03. The van der Waals surface area contributed by atoms with Crippen molar-refractivity contribution in [3.8, 4) is 5.75 Å². The summed E-state index contributed by atoms with van der Waals surface area (Å²) in [6.45, 7) is 2.77. The van der Waals surface area contributed by atoms with Gasteiger partial charge in [-0.25, -0.2) is 4.79 Å². The normalized spacial score (nSPS) is 12.4. The van der Waals surface area contributed by atoms with Gasteiger partial charge in [0.05, 0.1) is 16.8 Å². The van der Waals surface area contributed by atoms with Crippen LogP contribution in [0.3, 0.4) is 0 Å². The Bertz CT molecular complexity index is 1500. The number of hydrogen-bond acceptors (Lipinski definition) is 7. The van der Waals surface area contributed by atoms with Crippen LogP contribution in [0.4, 0.5) is 0 Å². The second-order valence-electron chi connectivity index (χ2n) is 8.31. The van der Waals surface area contributed by atoms with Gasteiger partial charge in [0.15, 0.2) is 6.10 Å². The molecule has 0 bridgehead atoms. The first-order valence-corrected chi connectivity index (χ1v) is 13.2. The van der Waals surface area contributed by atoms with Gasteiger partial charge < -0.3 is 19.4 Å². The van der Waals surface area contributed by atoms with Gasteiger partial charge in [0, 0.05) is 29.2 Å². The molecule has 38 heavy (non-hydrogen) atoms. The van der Waals surface area contributed by atoms with Crippen LogP contribution in [0.2, 0.25) is 5.02 Å². The molecule has 0 radical (unpaired) electrons. The summed E-state index contributed by atoms with van der Waals surface area (Å²) in [4.78, 5) is 29.0. The maximum atomic E-state index is 12.8. The summed E-state index contributed by atoms with van der Waals surface area (Å²) >= 11 is 7.32. The van der Waals surface area contributed by atoms with Crippen LogP contribution in [0.15, 0.2) is 76.7 Å². The Hall–Kier alpha value is -3.66. The molecule has 0 aliphatic heterocycles. The molecular weight excluding hydrogens is 528 g/mol. The number of hydrogen-bond donors (Lipinski definition) is 1. The number of carboxylic acid groups (broad SMARTS) is 1. The van der Waals surface area contributed by atoms with Gasteiger partial charge in [-0.1, -0.05) is 58.4 Å². The zero-order valence-corrected chi connectivity index (χ0v) is 22.5. The van der Waals surface area contributed by atoms with Gasteiger partial charge in [-0.2, -0.15) is 0 Å². The first-order valence-electron chi connectivity index (χ1n) is 12.0. The van der Waals surface area contributed by atoms with Crippen LogP contribution in [0.5, 0.6) is 5.75 Å². The minimum Gasteiger partial charge on any atom is -0.492 e. The number of benzene rings is 3. The Morgan fingerprint density at radius 1 is 1.11 bits per heavy atom. The highest BCUT2D eigenvalue weighted by molar-refractivity contribution is 7.16. The van der Waals surface area contributed by atoms with Gasteiger partial charge in [-0.15, -0.1) is 0 Å². The number of nitrogens with zero attached hydrogens (tertiary/aromatic N) is 2. The number of aliphatic carboxylic acids is 1. The molecule has 0 aliphatic carbocycles. The van der Waals surface area contributed by atoms with Crippen molar-refractivity contribution in [3.63, 3.8) is 0 Å². The number of carboxylic acids is 1. The molecular formula is C28H27ClN2O6S. The molecule has 0 aliphatic rings. The zero-order valence-electron chi connectivity index (χ0n) is 20.9. The Labute approximate surface area is 228 Å². The topological polar surface area (TPSA) is 99.4 Å². The van der Waals surface area contributed by atoms with Crippen molar-refractivity contribution < 1.29 is 24.2 Å². The monoisotopic (exact) mass is 554 g/mol. The lowest BCUT2D eigenvalue weighted by Crippen LogP contribution is -2.26. The highest BCUT2D eigenvalue weighted by Gasteiger charge is 2.18. The van der Waals surface area contributed by atoms with E-state index < -0.39 is 12.1 Å². The molecule has 10 heteroatoms. The van der Waals surface area contributed by atoms with Gasteiger partial charge >= 0.3 is 10.8 Å². The highest BCUT2D eigenvalue weighted by atomic mass is 35.5. The molecule has 0 saturated heterocycles. The Morgan fingerprint density at radius 3 is 2.55 bits per heavy atom. The first-order chi connectivity index (χ1) is 18.4. The van der Waals surface area contributed by atoms with E-state index in [1.165, 1.54) is 7.11 Å². The van der Waals surface area contributed by atoms with Crippen LogP contribution in [0.25, 0.3) is 10.2 Å². The fraction of sp³-hybridized carbons (Fsp3) is 0.250. The molecule has 1 aromatic heterocycles. The van der Waals surface area contributed by atoms with Crippen LogP contribution in [0.1, 0.15) is 23.6 Å². The smallest absolute Gasteiger partial charge is 0.333 e. The van der Waals surface area contributed by atoms with Crippen LogP contribution in [-0.4, -0.2) is 47.8 Å². The minimum atomic E-state index is -0.987. The lowest BCUT2D eigenvalue weighted by atomic mass is 10.0. The average molecular weight is 555 g/mol. The third-order valence-electron chi connectivity index (χ3n) is 5.79. The summed E-state index contributed by atoms with van der Waals surface area (Å²) in [7, 11) is 1.49. The van der Waals surface area contributed by atoms with E-state index in [1.54, 1.807) is 29.7 Å². The summed E-state index contributed by atoms with van der Waals surface area (Å²) in [5, 5.41) is 14.0. The summed E-state index contributed by atoms with van der Waals surface area (Å²) in [6, 6.07) is 20.3. The van der Waals surface area contributed by atoms with E-state index in [9.17, 15) is 14.7 Å². The summed E-state index contributed by atoms with van der Waals surface area (Å²) in [5.41, 5.74) is 3.87. The van der Waals surface area contributed by atoms with Crippen molar-refractivity contribution in [1.29, 1.82) is 0 Å². The maximum absolute atomic E-state index is 12.8. The maximum Gasteiger partial charge on any atom is 0.333 e.